The maximum absolute atomic E-state index is 5.80. The third-order valence-electron chi connectivity index (χ3n) is 2.94. The summed E-state index contributed by atoms with van der Waals surface area (Å²) in [7, 11) is 0. The highest BCUT2D eigenvalue weighted by Gasteiger charge is 2.02. The van der Waals surface area contributed by atoms with Gasteiger partial charge in [-0.2, -0.15) is 5.10 Å². The average Bonchev–Trinajstić information content (AvgIpc) is 2.93. The fraction of sp³-hybridized carbons (Fsp3) is 0.125. The molecule has 0 spiro atoms. The van der Waals surface area contributed by atoms with Crippen LogP contribution in [-0.2, 0) is 6.61 Å². The molecule has 0 N–H and O–H groups in total. The predicted octanol–water partition coefficient (Wildman–Crippen LogP) is 3.15. The van der Waals surface area contributed by atoms with Crippen LogP contribution in [0.15, 0.2) is 60.9 Å². The number of aryl methyl sites for hydroxylation is 1. The Morgan fingerprint density at radius 2 is 1.90 bits per heavy atom. The number of benzene rings is 2. The third-order valence-corrected chi connectivity index (χ3v) is 2.94. The van der Waals surface area contributed by atoms with Crippen molar-refractivity contribution < 1.29 is 4.74 Å². The van der Waals surface area contributed by atoms with Crippen LogP contribution in [0, 0.1) is 6.92 Å². The van der Waals surface area contributed by atoms with Crippen molar-refractivity contribution in [2.45, 2.75) is 13.5 Å². The Hall–Kier alpha value is -2.62. The van der Waals surface area contributed by atoms with E-state index in [2.05, 4.69) is 10.1 Å². The second kappa shape index (κ2) is 5.57. The first kappa shape index (κ1) is 12.4. The van der Waals surface area contributed by atoms with Gasteiger partial charge < -0.3 is 4.74 Å². The number of ether oxygens (including phenoxy) is 1. The van der Waals surface area contributed by atoms with Crippen LogP contribution < -0.4 is 4.74 Å². The molecular formula is C16H15N3O. The molecule has 0 bridgehead atoms. The molecule has 0 fully saturated rings. The number of rotatable bonds is 4. The van der Waals surface area contributed by atoms with Crippen LogP contribution in [0.5, 0.6) is 5.75 Å². The molecule has 0 unspecified atom stereocenters. The van der Waals surface area contributed by atoms with E-state index in [0.717, 1.165) is 22.8 Å². The van der Waals surface area contributed by atoms with Crippen molar-refractivity contribution in [1.29, 1.82) is 0 Å². The standard InChI is InChI=1S/C16H15N3O/c1-13-17-12-19(18-13)15-8-5-9-16(10-15)20-11-14-6-3-2-4-7-14/h2-10,12H,11H2,1H3. The van der Waals surface area contributed by atoms with Gasteiger partial charge in [0.1, 0.15) is 24.5 Å². The highest BCUT2D eigenvalue weighted by Crippen LogP contribution is 2.17. The summed E-state index contributed by atoms with van der Waals surface area (Å²) < 4.78 is 7.54. The van der Waals surface area contributed by atoms with E-state index in [9.17, 15) is 0 Å². The summed E-state index contributed by atoms with van der Waals surface area (Å²) >= 11 is 0. The highest BCUT2D eigenvalue weighted by molar-refractivity contribution is 5.38. The molecule has 0 aliphatic heterocycles. The number of aromatic nitrogens is 3. The molecule has 4 nitrogen and oxygen atoms in total. The van der Waals surface area contributed by atoms with Crippen LogP contribution in [-0.4, -0.2) is 14.8 Å². The van der Waals surface area contributed by atoms with Crippen molar-refractivity contribution in [3.63, 3.8) is 0 Å². The van der Waals surface area contributed by atoms with Gasteiger partial charge in [-0.25, -0.2) is 9.67 Å². The summed E-state index contributed by atoms with van der Waals surface area (Å²) in [4.78, 5) is 4.13. The van der Waals surface area contributed by atoms with E-state index in [4.69, 9.17) is 4.74 Å². The first-order valence-electron chi connectivity index (χ1n) is 6.47. The van der Waals surface area contributed by atoms with Crippen molar-refractivity contribution in [3.05, 3.63) is 72.3 Å². The van der Waals surface area contributed by atoms with Crippen molar-refractivity contribution >= 4 is 0 Å². The minimum Gasteiger partial charge on any atom is -0.489 e. The molecule has 20 heavy (non-hydrogen) atoms. The van der Waals surface area contributed by atoms with E-state index in [-0.39, 0.29) is 0 Å². The quantitative estimate of drug-likeness (QED) is 0.727. The zero-order chi connectivity index (χ0) is 13.8. The summed E-state index contributed by atoms with van der Waals surface area (Å²) in [6.45, 7) is 2.42. The highest BCUT2D eigenvalue weighted by atomic mass is 16.5. The second-order valence-electron chi connectivity index (χ2n) is 4.51. The van der Waals surface area contributed by atoms with E-state index in [1.165, 1.54) is 0 Å². The van der Waals surface area contributed by atoms with Crippen LogP contribution in [0.4, 0.5) is 0 Å². The maximum atomic E-state index is 5.80. The van der Waals surface area contributed by atoms with Gasteiger partial charge in [-0.1, -0.05) is 36.4 Å². The van der Waals surface area contributed by atoms with Gasteiger partial charge in [0.05, 0.1) is 5.69 Å². The normalized spacial score (nSPS) is 10.4. The van der Waals surface area contributed by atoms with Gasteiger partial charge in [0.15, 0.2) is 0 Å². The second-order valence-corrected chi connectivity index (χ2v) is 4.51. The van der Waals surface area contributed by atoms with Crippen LogP contribution in [0.3, 0.4) is 0 Å². The van der Waals surface area contributed by atoms with Crippen LogP contribution in [0.2, 0.25) is 0 Å². The Balaban J connectivity index is 1.75. The van der Waals surface area contributed by atoms with Crippen LogP contribution in [0.25, 0.3) is 5.69 Å². The molecule has 0 saturated carbocycles. The lowest BCUT2D eigenvalue weighted by atomic mass is 10.2. The zero-order valence-corrected chi connectivity index (χ0v) is 11.2. The van der Waals surface area contributed by atoms with Gasteiger partial charge in [0.2, 0.25) is 0 Å². The molecule has 4 heteroatoms. The summed E-state index contributed by atoms with van der Waals surface area (Å²) in [6, 6.07) is 17.9. The van der Waals surface area contributed by atoms with Crippen LogP contribution >= 0.6 is 0 Å². The summed E-state index contributed by atoms with van der Waals surface area (Å²) in [5, 5.41) is 4.29. The largest absolute Gasteiger partial charge is 0.489 e. The molecule has 1 aromatic heterocycles. The Bertz CT molecular complexity index is 692. The molecule has 0 saturated heterocycles. The number of hydrogen-bond acceptors (Lipinski definition) is 3. The summed E-state index contributed by atoms with van der Waals surface area (Å²) in [5.74, 6) is 1.57. The van der Waals surface area contributed by atoms with Gasteiger partial charge >= 0.3 is 0 Å². The van der Waals surface area contributed by atoms with Gasteiger partial charge in [-0.3, -0.25) is 0 Å². The molecule has 3 rings (SSSR count). The fourth-order valence-corrected chi connectivity index (χ4v) is 1.93. The average molecular weight is 265 g/mol. The third kappa shape index (κ3) is 2.85. The maximum Gasteiger partial charge on any atom is 0.147 e. The van der Waals surface area contributed by atoms with E-state index in [0.29, 0.717) is 6.61 Å². The van der Waals surface area contributed by atoms with Crippen molar-refractivity contribution in [1.82, 2.24) is 14.8 Å². The van der Waals surface area contributed by atoms with E-state index in [1.807, 2.05) is 61.5 Å². The molecule has 100 valence electrons. The van der Waals surface area contributed by atoms with E-state index >= 15 is 0 Å². The Labute approximate surface area is 117 Å². The zero-order valence-electron chi connectivity index (χ0n) is 11.2. The Morgan fingerprint density at radius 1 is 1.05 bits per heavy atom. The van der Waals surface area contributed by atoms with Crippen molar-refractivity contribution in [3.8, 4) is 11.4 Å². The van der Waals surface area contributed by atoms with Gasteiger partial charge in [0.25, 0.3) is 0 Å². The first-order chi connectivity index (χ1) is 9.81. The van der Waals surface area contributed by atoms with Gasteiger partial charge in [-0.05, 0) is 24.6 Å². The molecular weight excluding hydrogens is 250 g/mol. The van der Waals surface area contributed by atoms with Crippen LogP contribution in [0.1, 0.15) is 11.4 Å². The van der Waals surface area contributed by atoms with Crippen molar-refractivity contribution in [2.24, 2.45) is 0 Å². The molecule has 0 radical (unpaired) electrons. The lowest BCUT2D eigenvalue weighted by Crippen LogP contribution is -1.98. The van der Waals surface area contributed by atoms with E-state index < -0.39 is 0 Å². The lowest BCUT2D eigenvalue weighted by Gasteiger charge is -2.08. The SMILES string of the molecule is Cc1ncn(-c2cccc(OCc3ccccc3)c2)n1. The Kier molecular flexibility index (Phi) is 3.46. The minimum absolute atomic E-state index is 0.556. The first-order valence-corrected chi connectivity index (χ1v) is 6.47. The van der Waals surface area contributed by atoms with Gasteiger partial charge in [-0.15, -0.1) is 0 Å². The summed E-state index contributed by atoms with van der Waals surface area (Å²) in [6.07, 6.45) is 1.70. The van der Waals surface area contributed by atoms with Gasteiger partial charge in [0, 0.05) is 6.07 Å². The molecule has 3 aromatic rings. The molecule has 0 amide bonds. The fourth-order valence-electron chi connectivity index (χ4n) is 1.93. The monoisotopic (exact) mass is 265 g/mol. The predicted molar refractivity (Wildman–Crippen MR) is 76.9 cm³/mol. The summed E-state index contributed by atoms with van der Waals surface area (Å²) in [5.41, 5.74) is 2.09. The number of hydrogen-bond donors (Lipinski definition) is 0. The Morgan fingerprint density at radius 3 is 2.65 bits per heavy atom. The molecule has 1 heterocycles. The number of nitrogens with zero attached hydrogens (tertiary/aromatic N) is 3. The topological polar surface area (TPSA) is 39.9 Å². The van der Waals surface area contributed by atoms with E-state index in [1.54, 1.807) is 11.0 Å². The smallest absolute Gasteiger partial charge is 0.147 e. The molecule has 0 atom stereocenters. The molecule has 0 aliphatic rings. The molecule has 2 aromatic carbocycles. The van der Waals surface area contributed by atoms with Crippen molar-refractivity contribution in [2.75, 3.05) is 0 Å². The minimum atomic E-state index is 0.556. The lowest BCUT2D eigenvalue weighted by molar-refractivity contribution is 0.306. The molecule has 0 aliphatic carbocycles.